The zero-order valence-corrected chi connectivity index (χ0v) is 21.7. The summed E-state index contributed by atoms with van der Waals surface area (Å²) >= 11 is 0. The summed E-state index contributed by atoms with van der Waals surface area (Å²) in [6.07, 6.45) is 5.47. The molecule has 0 radical (unpaired) electrons. The largest absolute Gasteiger partial charge is 0.497 e. The third-order valence-corrected chi connectivity index (χ3v) is 7.06. The molecule has 1 aromatic carbocycles. The first-order valence-electron chi connectivity index (χ1n) is 13.1. The smallest absolute Gasteiger partial charge is 0.437 e. The zero-order valence-electron chi connectivity index (χ0n) is 21.7. The Morgan fingerprint density at radius 1 is 1.11 bits per heavy atom. The molecule has 2 aliphatic rings. The van der Waals surface area contributed by atoms with Crippen molar-refractivity contribution in [1.82, 2.24) is 20.4 Å². The van der Waals surface area contributed by atoms with Gasteiger partial charge in [-0.3, -0.25) is 14.4 Å². The second kappa shape index (κ2) is 11.7. The van der Waals surface area contributed by atoms with Gasteiger partial charge in [0.1, 0.15) is 5.75 Å². The molecule has 10 heteroatoms. The van der Waals surface area contributed by atoms with Gasteiger partial charge in [-0.1, -0.05) is 26.7 Å². The molecule has 37 heavy (non-hydrogen) atoms. The molecule has 2 aromatic rings. The van der Waals surface area contributed by atoms with Crippen molar-refractivity contribution in [2.24, 2.45) is 17.8 Å². The highest BCUT2D eigenvalue weighted by Crippen LogP contribution is 2.30. The third-order valence-electron chi connectivity index (χ3n) is 7.06. The number of benzene rings is 1. The lowest BCUT2D eigenvalue weighted by molar-refractivity contribution is -0.127. The summed E-state index contributed by atoms with van der Waals surface area (Å²) in [5, 5.41) is 10.0. The molecule has 1 aromatic heterocycles. The Balaban J connectivity index is 1.45. The summed E-state index contributed by atoms with van der Waals surface area (Å²) in [4.78, 5) is 51.7. The van der Waals surface area contributed by atoms with Gasteiger partial charge in [-0.15, -0.1) is 5.10 Å². The van der Waals surface area contributed by atoms with Gasteiger partial charge in [-0.05, 0) is 68.2 Å². The van der Waals surface area contributed by atoms with Crippen LogP contribution in [0.25, 0.3) is 0 Å². The van der Waals surface area contributed by atoms with Crippen LogP contribution in [0.4, 0.5) is 0 Å². The van der Waals surface area contributed by atoms with E-state index >= 15 is 0 Å². The number of Topliss-reactive ketones (excluding diaryl/α,β-unsaturated/α-hetero) is 1. The van der Waals surface area contributed by atoms with Crippen LogP contribution in [0.3, 0.4) is 0 Å². The van der Waals surface area contributed by atoms with Crippen molar-refractivity contribution < 1.29 is 23.5 Å². The summed E-state index contributed by atoms with van der Waals surface area (Å²) < 4.78 is 11.5. The van der Waals surface area contributed by atoms with Crippen LogP contribution in [-0.4, -0.2) is 46.6 Å². The highest BCUT2D eigenvalue weighted by molar-refractivity contribution is 5.99. The lowest BCUT2D eigenvalue weighted by Crippen LogP contribution is -2.52. The van der Waals surface area contributed by atoms with E-state index in [1.54, 1.807) is 31.4 Å². The maximum atomic E-state index is 13.4. The molecule has 0 unspecified atom stereocenters. The van der Waals surface area contributed by atoms with Gasteiger partial charge in [0.2, 0.25) is 11.7 Å². The second-order valence-electron chi connectivity index (χ2n) is 10.6. The van der Waals surface area contributed by atoms with E-state index < -0.39 is 23.5 Å². The van der Waals surface area contributed by atoms with E-state index in [9.17, 15) is 19.2 Å². The summed E-state index contributed by atoms with van der Waals surface area (Å²) in [6, 6.07) is 5.56. The molecule has 10 nitrogen and oxygen atoms in total. The average molecular weight is 513 g/mol. The molecular formula is C27H36N4O6. The van der Waals surface area contributed by atoms with Crippen molar-refractivity contribution in [2.75, 3.05) is 7.11 Å². The van der Waals surface area contributed by atoms with Crippen molar-refractivity contribution in [2.45, 2.75) is 77.4 Å². The van der Waals surface area contributed by atoms with Crippen LogP contribution in [0, 0.1) is 17.8 Å². The maximum absolute atomic E-state index is 13.4. The van der Waals surface area contributed by atoms with Crippen LogP contribution >= 0.6 is 0 Å². The molecule has 0 saturated heterocycles. The van der Waals surface area contributed by atoms with E-state index in [2.05, 4.69) is 15.7 Å². The van der Waals surface area contributed by atoms with E-state index in [-0.39, 0.29) is 29.7 Å². The number of carbonyl (C=O) groups is 3. The van der Waals surface area contributed by atoms with Crippen molar-refractivity contribution in [3.8, 4) is 5.75 Å². The quantitative estimate of drug-likeness (QED) is 0.442. The van der Waals surface area contributed by atoms with Crippen LogP contribution in [0.15, 0.2) is 33.5 Å². The van der Waals surface area contributed by atoms with Gasteiger partial charge in [0.05, 0.1) is 25.6 Å². The van der Waals surface area contributed by atoms with E-state index in [4.69, 9.17) is 9.15 Å². The fourth-order valence-corrected chi connectivity index (χ4v) is 4.81. The van der Waals surface area contributed by atoms with E-state index in [0.717, 1.165) is 25.7 Å². The molecule has 2 fully saturated rings. The molecule has 2 aliphatic carbocycles. The van der Waals surface area contributed by atoms with Gasteiger partial charge in [0, 0.05) is 11.6 Å². The minimum atomic E-state index is -0.875. The molecule has 200 valence electrons. The third kappa shape index (κ3) is 6.87. The molecule has 0 aliphatic heterocycles. The highest BCUT2D eigenvalue weighted by atomic mass is 16.5. The molecule has 4 rings (SSSR count). The number of aromatic nitrogens is 2. The molecule has 3 atom stereocenters. The number of methoxy groups -OCH3 is 1. The number of nitrogens with zero attached hydrogens (tertiary/aromatic N) is 2. The number of amides is 2. The van der Waals surface area contributed by atoms with Crippen LogP contribution in [-0.2, 0) is 11.3 Å². The topological polar surface area (TPSA) is 133 Å². The first-order chi connectivity index (χ1) is 17.7. The summed E-state index contributed by atoms with van der Waals surface area (Å²) in [5.74, 6) is -1.31. The predicted octanol–water partition coefficient (Wildman–Crippen LogP) is 2.96. The SMILES string of the molecule is COc1ccc(C(=O)N[C@H]2CCCC[C@H]2C(=O)N[C@@H](CC(C)C)C(=O)c2nn(CC3CC3)c(=O)o2)cc1. The van der Waals surface area contributed by atoms with Gasteiger partial charge in [0.25, 0.3) is 11.8 Å². The van der Waals surface area contributed by atoms with Gasteiger partial charge < -0.3 is 19.8 Å². The summed E-state index contributed by atoms with van der Waals surface area (Å²) in [5.41, 5.74) is 0.482. The molecule has 2 N–H and O–H groups in total. The number of rotatable bonds is 11. The van der Waals surface area contributed by atoms with Gasteiger partial charge in [0.15, 0.2) is 0 Å². The Labute approximate surface area is 216 Å². The Bertz CT molecular complexity index is 1160. The zero-order chi connectivity index (χ0) is 26.5. The molecular weight excluding hydrogens is 476 g/mol. The van der Waals surface area contributed by atoms with Crippen LogP contribution in [0.5, 0.6) is 5.75 Å². The van der Waals surface area contributed by atoms with E-state index in [0.29, 0.717) is 43.0 Å². The van der Waals surface area contributed by atoms with Crippen molar-refractivity contribution in [1.29, 1.82) is 0 Å². The van der Waals surface area contributed by atoms with Crippen molar-refractivity contribution >= 4 is 17.6 Å². The fraction of sp³-hybridized carbons (Fsp3) is 0.593. The molecule has 0 bridgehead atoms. The number of hydrogen-bond donors (Lipinski definition) is 2. The standard InChI is InChI=1S/C27H36N4O6/c1-16(2)14-22(23(32)26-30-31(27(35)37-26)15-17-8-9-17)29-25(34)20-6-4-5-7-21(20)28-24(33)18-10-12-19(36-3)13-11-18/h10-13,16-17,20-22H,4-9,14-15H2,1-3H3,(H,28,33)(H,29,34)/t20-,21+,22+/m1/s1. The molecule has 2 amide bonds. The predicted molar refractivity (Wildman–Crippen MR) is 135 cm³/mol. The summed E-state index contributed by atoms with van der Waals surface area (Å²) in [7, 11) is 1.56. The average Bonchev–Trinajstić information content (AvgIpc) is 3.63. The normalized spacial score (nSPS) is 20.3. The second-order valence-corrected chi connectivity index (χ2v) is 10.6. The Kier molecular flexibility index (Phi) is 8.45. The lowest BCUT2D eigenvalue weighted by Gasteiger charge is -2.32. The molecule has 2 saturated carbocycles. The lowest BCUT2D eigenvalue weighted by atomic mass is 9.83. The Hall–Kier alpha value is -3.43. The number of hydrogen-bond acceptors (Lipinski definition) is 7. The van der Waals surface area contributed by atoms with Crippen LogP contribution in [0.1, 0.15) is 79.8 Å². The monoisotopic (exact) mass is 512 g/mol. The van der Waals surface area contributed by atoms with Crippen LogP contribution in [0.2, 0.25) is 0 Å². The first kappa shape index (κ1) is 26.6. The minimum Gasteiger partial charge on any atom is -0.497 e. The van der Waals surface area contributed by atoms with E-state index in [1.165, 1.54) is 4.68 Å². The molecule has 1 heterocycles. The maximum Gasteiger partial charge on any atom is 0.437 e. The van der Waals surface area contributed by atoms with Gasteiger partial charge in [-0.25, -0.2) is 4.79 Å². The number of nitrogens with one attached hydrogen (secondary N) is 2. The van der Waals surface area contributed by atoms with Crippen molar-refractivity contribution in [3.05, 3.63) is 46.3 Å². The number of ether oxygens (including phenoxy) is 1. The van der Waals surface area contributed by atoms with Gasteiger partial charge in [-0.2, -0.15) is 4.68 Å². The Morgan fingerprint density at radius 3 is 2.46 bits per heavy atom. The molecule has 0 spiro atoms. The van der Waals surface area contributed by atoms with Crippen LogP contribution < -0.4 is 21.1 Å². The van der Waals surface area contributed by atoms with Gasteiger partial charge >= 0.3 is 5.76 Å². The van der Waals surface area contributed by atoms with E-state index in [1.807, 2.05) is 13.8 Å². The Morgan fingerprint density at radius 2 is 1.81 bits per heavy atom. The summed E-state index contributed by atoms with van der Waals surface area (Å²) in [6.45, 7) is 4.34. The first-order valence-corrected chi connectivity index (χ1v) is 13.1. The minimum absolute atomic E-state index is 0.103. The fourth-order valence-electron chi connectivity index (χ4n) is 4.81. The number of carbonyl (C=O) groups excluding carboxylic acids is 3. The number of ketones is 1. The van der Waals surface area contributed by atoms with Crippen molar-refractivity contribution in [3.63, 3.8) is 0 Å². The highest BCUT2D eigenvalue weighted by Gasteiger charge is 2.36.